The van der Waals surface area contributed by atoms with Crippen molar-refractivity contribution in [3.05, 3.63) is 29.6 Å². The van der Waals surface area contributed by atoms with E-state index in [1.54, 1.807) is 11.8 Å². The minimum Gasteiger partial charge on any atom is -0.477 e. The van der Waals surface area contributed by atoms with Crippen molar-refractivity contribution < 1.29 is 14.7 Å². The highest BCUT2D eigenvalue weighted by molar-refractivity contribution is 8.00. The highest BCUT2D eigenvalue weighted by Crippen LogP contribution is 2.29. The van der Waals surface area contributed by atoms with Crippen molar-refractivity contribution in [3.8, 4) is 0 Å². The molecule has 0 atom stereocenters. The number of pyridine rings is 1. The molecule has 0 spiro atoms. The zero-order valence-corrected chi connectivity index (χ0v) is 12.8. The van der Waals surface area contributed by atoms with Crippen LogP contribution in [-0.4, -0.2) is 39.5 Å². The molecule has 0 saturated carbocycles. The van der Waals surface area contributed by atoms with Crippen LogP contribution in [0.1, 0.15) is 47.7 Å². The number of carboxylic acids is 1. The number of hydrogen-bond donors (Lipinski definition) is 2. The molecule has 0 saturated heterocycles. The number of nitrogens with one attached hydrogen (secondary N) is 1. The first-order chi connectivity index (χ1) is 9.48. The Bertz CT molecular complexity index is 479. The van der Waals surface area contributed by atoms with Crippen LogP contribution in [0.3, 0.4) is 0 Å². The third kappa shape index (κ3) is 3.96. The molecule has 1 rings (SSSR count). The molecule has 0 unspecified atom stereocenters. The molecule has 0 bridgehead atoms. The molecule has 1 aromatic rings. The maximum Gasteiger partial charge on any atom is 0.354 e. The number of hydrogen-bond acceptors (Lipinski definition) is 4. The Morgan fingerprint density at radius 2 is 1.90 bits per heavy atom. The molecule has 20 heavy (non-hydrogen) atoms. The molecule has 0 aliphatic carbocycles. The summed E-state index contributed by atoms with van der Waals surface area (Å²) < 4.78 is 0.0140. The van der Waals surface area contributed by atoms with Crippen LogP contribution >= 0.6 is 11.8 Å². The summed E-state index contributed by atoms with van der Waals surface area (Å²) in [6.07, 6.45) is 3.93. The first-order valence-electron chi connectivity index (χ1n) is 6.51. The zero-order chi connectivity index (χ0) is 15.2. The summed E-state index contributed by atoms with van der Waals surface area (Å²) in [5, 5.41) is 11.7. The van der Waals surface area contributed by atoms with Crippen molar-refractivity contribution in [2.75, 3.05) is 12.8 Å². The number of carbonyl (C=O) groups excluding carboxylic acids is 1. The lowest BCUT2D eigenvalue weighted by molar-refractivity contribution is 0.0690. The molecular weight excluding hydrogens is 276 g/mol. The van der Waals surface area contributed by atoms with E-state index in [0.29, 0.717) is 6.54 Å². The van der Waals surface area contributed by atoms with Gasteiger partial charge in [-0.3, -0.25) is 4.79 Å². The van der Waals surface area contributed by atoms with Gasteiger partial charge in [0.15, 0.2) is 0 Å². The van der Waals surface area contributed by atoms with E-state index in [0.717, 1.165) is 12.8 Å². The highest BCUT2D eigenvalue weighted by atomic mass is 32.2. The molecule has 0 radical (unpaired) electrons. The summed E-state index contributed by atoms with van der Waals surface area (Å²) >= 11 is 1.73. The maximum atomic E-state index is 12.0. The molecule has 1 amide bonds. The van der Waals surface area contributed by atoms with Gasteiger partial charge in [0, 0.05) is 11.3 Å². The molecular formula is C14H20N2O3S. The van der Waals surface area contributed by atoms with E-state index >= 15 is 0 Å². The van der Waals surface area contributed by atoms with E-state index in [2.05, 4.69) is 24.1 Å². The van der Waals surface area contributed by atoms with Gasteiger partial charge in [-0.25, -0.2) is 9.78 Å². The number of carbonyl (C=O) groups is 2. The van der Waals surface area contributed by atoms with Gasteiger partial charge in [-0.2, -0.15) is 11.8 Å². The zero-order valence-electron chi connectivity index (χ0n) is 12.0. The lowest BCUT2D eigenvalue weighted by atomic mass is 10.0. The summed E-state index contributed by atoms with van der Waals surface area (Å²) in [4.78, 5) is 26.7. The third-order valence-electron chi connectivity index (χ3n) is 3.49. The van der Waals surface area contributed by atoms with Crippen LogP contribution in [0.25, 0.3) is 0 Å². The van der Waals surface area contributed by atoms with Gasteiger partial charge >= 0.3 is 5.97 Å². The van der Waals surface area contributed by atoms with Gasteiger partial charge in [-0.1, -0.05) is 19.9 Å². The number of amides is 1. The second kappa shape index (κ2) is 7.28. The van der Waals surface area contributed by atoms with Gasteiger partial charge in [-0.05, 0) is 31.2 Å². The van der Waals surface area contributed by atoms with Gasteiger partial charge in [-0.15, -0.1) is 0 Å². The molecule has 1 heterocycles. The molecule has 5 nitrogen and oxygen atoms in total. The van der Waals surface area contributed by atoms with Crippen LogP contribution in [-0.2, 0) is 0 Å². The minimum atomic E-state index is -1.14. The first kappa shape index (κ1) is 16.5. The number of nitrogens with zero attached hydrogens (tertiary/aromatic N) is 1. The number of carboxylic acid groups (broad SMARTS) is 1. The highest BCUT2D eigenvalue weighted by Gasteiger charge is 2.25. The van der Waals surface area contributed by atoms with Gasteiger partial charge in [0.1, 0.15) is 11.4 Å². The summed E-state index contributed by atoms with van der Waals surface area (Å²) in [5.41, 5.74) is 0.00636. The predicted molar refractivity (Wildman–Crippen MR) is 80.4 cm³/mol. The fraction of sp³-hybridized carbons (Fsp3) is 0.500. The number of aromatic nitrogens is 1. The number of thioether (sulfide) groups is 1. The van der Waals surface area contributed by atoms with E-state index in [9.17, 15) is 9.59 Å². The summed E-state index contributed by atoms with van der Waals surface area (Å²) in [7, 11) is 0. The Hall–Kier alpha value is -1.56. The molecule has 0 aliphatic rings. The first-order valence-corrected chi connectivity index (χ1v) is 7.74. The monoisotopic (exact) mass is 296 g/mol. The Morgan fingerprint density at radius 3 is 2.40 bits per heavy atom. The largest absolute Gasteiger partial charge is 0.477 e. The number of rotatable bonds is 7. The Balaban J connectivity index is 2.76. The van der Waals surface area contributed by atoms with Gasteiger partial charge in [0.05, 0.1) is 0 Å². The van der Waals surface area contributed by atoms with Crippen LogP contribution in [0.15, 0.2) is 18.2 Å². The van der Waals surface area contributed by atoms with Crippen molar-refractivity contribution in [2.24, 2.45) is 0 Å². The van der Waals surface area contributed by atoms with E-state index in [1.165, 1.54) is 18.2 Å². The van der Waals surface area contributed by atoms with Crippen molar-refractivity contribution >= 4 is 23.6 Å². The average molecular weight is 296 g/mol. The fourth-order valence-corrected chi connectivity index (χ4v) is 2.67. The smallest absolute Gasteiger partial charge is 0.354 e. The van der Waals surface area contributed by atoms with E-state index in [-0.39, 0.29) is 22.0 Å². The van der Waals surface area contributed by atoms with Crippen molar-refractivity contribution in [2.45, 2.75) is 31.4 Å². The Morgan fingerprint density at radius 1 is 1.30 bits per heavy atom. The van der Waals surface area contributed by atoms with Crippen LogP contribution in [0.2, 0.25) is 0 Å². The normalized spacial score (nSPS) is 11.2. The van der Waals surface area contributed by atoms with E-state index in [4.69, 9.17) is 5.11 Å². The standard InChI is InChI=1S/C14H20N2O3S/c1-4-14(5-2,20-3)9-15-12(17)10-7-6-8-11(16-10)13(18)19/h6-8H,4-5,9H2,1-3H3,(H,15,17)(H,18,19). The van der Waals surface area contributed by atoms with Gasteiger partial charge < -0.3 is 10.4 Å². The second-order valence-electron chi connectivity index (χ2n) is 4.49. The molecule has 110 valence electrons. The molecule has 2 N–H and O–H groups in total. The van der Waals surface area contributed by atoms with Gasteiger partial charge in [0.25, 0.3) is 5.91 Å². The lowest BCUT2D eigenvalue weighted by Gasteiger charge is -2.29. The number of aromatic carboxylic acids is 1. The van der Waals surface area contributed by atoms with Crippen LogP contribution < -0.4 is 5.32 Å². The van der Waals surface area contributed by atoms with Gasteiger partial charge in [0.2, 0.25) is 0 Å². The second-order valence-corrected chi connectivity index (χ2v) is 5.76. The summed E-state index contributed by atoms with van der Waals surface area (Å²) in [5.74, 6) is -1.48. The maximum absolute atomic E-state index is 12.0. The molecule has 0 aromatic carbocycles. The van der Waals surface area contributed by atoms with Crippen LogP contribution in [0.5, 0.6) is 0 Å². The van der Waals surface area contributed by atoms with Crippen molar-refractivity contribution in [3.63, 3.8) is 0 Å². The topological polar surface area (TPSA) is 79.3 Å². The fourth-order valence-electron chi connectivity index (χ4n) is 1.87. The Labute approximate surface area is 123 Å². The van der Waals surface area contributed by atoms with E-state index < -0.39 is 5.97 Å². The van der Waals surface area contributed by atoms with Crippen molar-refractivity contribution in [1.29, 1.82) is 0 Å². The molecule has 0 fully saturated rings. The third-order valence-corrected chi connectivity index (χ3v) is 5.08. The predicted octanol–water partition coefficient (Wildman–Crippen LogP) is 2.43. The average Bonchev–Trinajstić information content (AvgIpc) is 2.49. The molecule has 6 heteroatoms. The van der Waals surface area contributed by atoms with Crippen molar-refractivity contribution in [1.82, 2.24) is 10.3 Å². The van der Waals surface area contributed by atoms with E-state index in [1.807, 2.05) is 6.26 Å². The molecule has 0 aliphatic heterocycles. The lowest BCUT2D eigenvalue weighted by Crippen LogP contribution is -2.39. The summed E-state index contributed by atoms with van der Waals surface area (Å²) in [6.45, 7) is 4.73. The van der Waals surface area contributed by atoms with Crippen LogP contribution in [0, 0.1) is 0 Å². The SMILES string of the molecule is CCC(CC)(CNC(=O)c1cccc(C(=O)O)n1)SC. The summed E-state index contributed by atoms with van der Waals surface area (Å²) in [6, 6.07) is 4.40. The molecule has 1 aromatic heterocycles. The Kier molecular flexibility index (Phi) is 6.01. The minimum absolute atomic E-state index is 0.0140. The quantitative estimate of drug-likeness (QED) is 0.808. The van der Waals surface area contributed by atoms with Crippen LogP contribution in [0.4, 0.5) is 0 Å².